The monoisotopic (exact) mass is 277 g/mol. The van der Waals surface area contributed by atoms with Crippen LogP contribution in [0.3, 0.4) is 0 Å². The van der Waals surface area contributed by atoms with Gasteiger partial charge in [-0.15, -0.1) is 0 Å². The van der Waals surface area contributed by atoms with Crippen molar-refractivity contribution >= 4 is 0 Å². The van der Waals surface area contributed by atoms with Gasteiger partial charge in [0.05, 0.1) is 6.54 Å². The second-order valence-corrected chi connectivity index (χ2v) is 7.25. The van der Waals surface area contributed by atoms with Crippen LogP contribution in [-0.2, 0) is 0 Å². The second-order valence-electron chi connectivity index (χ2n) is 7.25. The summed E-state index contributed by atoms with van der Waals surface area (Å²) < 4.78 is 38.0. The zero-order chi connectivity index (χ0) is 14.3. The molecule has 0 aromatic carbocycles. The van der Waals surface area contributed by atoms with E-state index in [9.17, 15) is 13.2 Å². The van der Waals surface area contributed by atoms with Crippen molar-refractivity contribution in [2.75, 3.05) is 13.1 Å². The van der Waals surface area contributed by atoms with Crippen molar-refractivity contribution < 1.29 is 13.2 Å². The van der Waals surface area contributed by atoms with Crippen LogP contribution in [0.4, 0.5) is 13.2 Å². The summed E-state index contributed by atoms with van der Waals surface area (Å²) in [5.74, 6) is 1.23. The first-order valence-electron chi connectivity index (χ1n) is 7.50. The molecule has 1 aliphatic carbocycles. The predicted molar refractivity (Wildman–Crippen MR) is 70.9 cm³/mol. The second kappa shape index (κ2) is 5.27. The highest BCUT2D eigenvalue weighted by Gasteiger charge is 2.47. The molecule has 2 aliphatic rings. The van der Waals surface area contributed by atoms with E-state index >= 15 is 0 Å². The number of hydrogen-bond donors (Lipinski definition) is 0. The van der Waals surface area contributed by atoms with Crippen LogP contribution in [0.2, 0.25) is 0 Å². The molecule has 1 heterocycles. The van der Waals surface area contributed by atoms with E-state index < -0.39 is 12.7 Å². The molecule has 2 atom stereocenters. The third-order valence-electron chi connectivity index (χ3n) is 4.88. The molecule has 1 aliphatic heterocycles. The molecule has 0 radical (unpaired) electrons. The Balaban J connectivity index is 2.03. The van der Waals surface area contributed by atoms with Crippen LogP contribution < -0.4 is 0 Å². The summed E-state index contributed by atoms with van der Waals surface area (Å²) in [4.78, 5) is 1.68. The van der Waals surface area contributed by atoms with Gasteiger partial charge in [0, 0.05) is 6.04 Å². The molecule has 0 aromatic rings. The van der Waals surface area contributed by atoms with Gasteiger partial charge >= 0.3 is 6.18 Å². The average Bonchev–Trinajstić information content (AvgIpc) is 3.03. The maximum absolute atomic E-state index is 12.7. The molecule has 0 aromatic heterocycles. The van der Waals surface area contributed by atoms with Crippen LogP contribution in [0.25, 0.3) is 0 Å². The quantitative estimate of drug-likeness (QED) is 0.732. The van der Waals surface area contributed by atoms with E-state index in [0.717, 1.165) is 25.2 Å². The Hall–Kier alpha value is -0.250. The Morgan fingerprint density at radius 3 is 2.37 bits per heavy atom. The lowest BCUT2D eigenvalue weighted by Gasteiger charge is -2.46. The van der Waals surface area contributed by atoms with Gasteiger partial charge in [-0.1, -0.05) is 20.8 Å². The van der Waals surface area contributed by atoms with Crippen molar-refractivity contribution in [3.63, 3.8) is 0 Å². The topological polar surface area (TPSA) is 3.24 Å². The van der Waals surface area contributed by atoms with Gasteiger partial charge in [0.1, 0.15) is 0 Å². The van der Waals surface area contributed by atoms with Gasteiger partial charge in [-0.3, -0.25) is 4.90 Å². The predicted octanol–water partition coefficient (Wildman–Crippen LogP) is 4.48. The molecule has 2 fully saturated rings. The lowest BCUT2D eigenvalue weighted by molar-refractivity contribution is -0.159. The van der Waals surface area contributed by atoms with Crippen molar-refractivity contribution in [2.24, 2.45) is 17.3 Å². The number of rotatable bonds is 4. The van der Waals surface area contributed by atoms with Gasteiger partial charge < -0.3 is 0 Å². The van der Waals surface area contributed by atoms with Crippen molar-refractivity contribution in [2.45, 2.75) is 65.1 Å². The van der Waals surface area contributed by atoms with Gasteiger partial charge in [-0.2, -0.15) is 13.2 Å². The fourth-order valence-electron chi connectivity index (χ4n) is 3.72. The molecule has 0 N–H and O–H groups in total. The van der Waals surface area contributed by atoms with Crippen molar-refractivity contribution in [3.05, 3.63) is 0 Å². The van der Waals surface area contributed by atoms with Crippen LogP contribution in [-0.4, -0.2) is 30.2 Å². The van der Waals surface area contributed by atoms with Crippen LogP contribution in [0, 0.1) is 17.3 Å². The van der Waals surface area contributed by atoms with Crippen LogP contribution in [0.1, 0.15) is 52.9 Å². The van der Waals surface area contributed by atoms with Crippen molar-refractivity contribution in [1.29, 1.82) is 0 Å². The van der Waals surface area contributed by atoms with Crippen LogP contribution in [0.15, 0.2) is 0 Å². The standard InChI is InChI=1S/C15H26F3N/c1-11(2)8-13-9-14(3,12-4-5-12)6-7-19(13)10-15(16,17)18/h11-13H,4-10H2,1-3H3. The van der Waals surface area contributed by atoms with E-state index in [1.54, 1.807) is 4.90 Å². The minimum atomic E-state index is -4.07. The molecule has 19 heavy (non-hydrogen) atoms. The first-order chi connectivity index (χ1) is 8.70. The summed E-state index contributed by atoms with van der Waals surface area (Å²) >= 11 is 0. The number of likely N-dealkylation sites (tertiary alicyclic amines) is 1. The molecule has 0 spiro atoms. The minimum absolute atomic E-state index is 0.112. The van der Waals surface area contributed by atoms with Crippen molar-refractivity contribution in [1.82, 2.24) is 4.90 Å². The fourth-order valence-corrected chi connectivity index (χ4v) is 3.72. The lowest BCUT2D eigenvalue weighted by atomic mass is 9.72. The molecule has 112 valence electrons. The summed E-state index contributed by atoms with van der Waals surface area (Å²) in [6.45, 7) is 6.39. The number of piperidine rings is 1. The molecular formula is C15H26F3N. The molecule has 1 nitrogen and oxygen atoms in total. The van der Waals surface area contributed by atoms with Gasteiger partial charge in [-0.25, -0.2) is 0 Å². The van der Waals surface area contributed by atoms with Gasteiger partial charge in [0.15, 0.2) is 0 Å². The summed E-state index contributed by atoms with van der Waals surface area (Å²) in [5.41, 5.74) is 0.293. The summed E-state index contributed by atoms with van der Waals surface area (Å²) in [6, 6.07) is 0.112. The van der Waals surface area contributed by atoms with E-state index in [4.69, 9.17) is 0 Å². The van der Waals surface area contributed by atoms with Crippen LogP contribution in [0.5, 0.6) is 0 Å². The Labute approximate surface area is 114 Å². The largest absolute Gasteiger partial charge is 0.401 e. The normalized spacial score (nSPS) is 33.9. The van der Waals surface area contributed by atoms with E-state index in [2.05, 4.69) is 20.8 Å². The van der Waals surface area contributed by atoms with E-state index in [1.807, 2.05) is 0 Å². The number of hydrogen-bond acceptors (Lipinski definition) is 1. The van der Waals surface area contributed by atoms with E-state index in [0.29, 0.717) is 17.9 Å². The maximum Gasteiger partial charge on any atom is 0.401 e. The molecule has 4 heteroatoms. The zero-order valence-electron chi connectivity index (χ0n) is 12.3. The highest BCUT2D eigenvalue weighted by atomic mass is 19.4. The van der Waals surface area contributed by atoms with Gasteiger partial charge in [-0.05, 0) is 55.9 Å². The fraction of sp³-hybridized carbons (Fsp3) is 1.00. The highest BCUT2D eigenvalue weighted by Crippen LogP contribution is 2.53. The van der Waals surface area contributed by atoms with Gasteiger partial charge in [0.25, 0.3) is 0 Å². The maximum atomic E-state index is 12.7. The third kappa shape index (κ3) is 4.11. The Bertz CT molecular complexity index is 309. The summed E-state index contributed by atoms with van der Waals surface area (Å²) in [7, 11) is 0. The summed E-state index contributed by atoms with van der Waals surface area (Å²) in [6.07, 6.45) is 1.27. The first kappa shape index (κ1) is 15.1. The van der Waals surface area contributed by atoms with E-state index in [-0.39, 0.29) is 6.04 Å². The van der Waals surface area contributed by atoms with Gasteiger partial charge in [0.2, 0.25) is 0 Å². The average molecular weight is 277 g/mol. The molecule has 2 unspecified atom stereocenters. The molecule has 1 saturated carbocycles. The molecule has 2 rings (SSSR count). The minimum Gasteiger partial charge on any atom is -0.292 e. The molecule has 0 bridgehead atoms. The molecule has 1 saturated heterocycles. The number of nitrogens with zero attached hydrogens (tertiary/aromatic N) is 1. The third-order valence-corrected chi connectivity index (χ3v) is 4.88. The van der Waals surface area contributed by atoms with Crippen molar-refractivity contribution in [3.8, 4) is 0 Å². The summed E-state index contributed by atoms with van der Waals surface area (Å²) in [5, 5.41) is 0. The molecular weight excluding hydrogens is 251 g/mol. The Kier molecular flexibility index (Phi) is 4.20. The Morgan fingerprint density at radius 1 is 1.26 bits per heavy atom. The van der Waals surface area contributed by atoms with E-state index in [1.165, 1.54) is 12.8 Å². The lowest BCUT2D eigenvalue weighted by Crippen LogP contribution is -2.50. The SMILES string of the molecule is CC(C)CC1CC(C)(C2CC2)CCN1CC(F)(F)F. The number of alkyl halides is 3. The molecule has 0 amide bonds. The highest BCUT2D eigenvalue weighted by molar-refractivity contribution is 4.98. The first-order valence-corrected chi connectivity index (χ1v) is 7.50. The zero-order valence-corrected chi connectivity index (χ0v) is 12.3. The Morgan fingerprint density at radius 2 is 1.89 bits per heavy atom. The smallest absolute Gasteiger partial charge is 0.292 e. The van der Waals surface area contributed by atoms with Crippen LogP contribution >= 0.6 is 0 Å². The number of halogens is 3.